The zero-order valence-electron chi connectivity index (χ0n) is 20.6. The summed E-state index contributed by atoms with van der Waals surface area (Å²) < 4.78 is 15.4. The molecule has 2 rings (SSSR count). The number of carbonyl (C=O) groups is 5. The lowest BCUT2D eigenvalue weighted by molar-refractivity contribution is -0.190. The lowest BCUT2D eigenvalue weighted by Crippen LogP contribution is -2.65. The third kappa shape index (κ3) is 4.42. The van der Waals surface area contributed by atoms with Gasteiger partial charge in [-0.25, -0.2) is 0 Å². The molecule has 0 N–H and O–H groups in total. The van der Waals surface area contributed by atoms with Crippen molar-refractivity contribution in [1.82, 2.24) is 5.06 Å². The van der Waals surface area contributed by atoms with Crippen molar-refractivity contribution in [2.45, 2.75) is 52.4 Å². The SMILES string of the molecule is CCOC(=O)C(C(=O)OCC)C1(C(=O)OCC)C(=O)N(OC)C(=O)c2ccc(C(C)(C)C)cc21. The number of hydroxylamine groups is 2. The highest BCUT2D eigenvalue weighted by Crippen LogP contribution is 2.45. The van der Waals surface area contributed by atoms with Gasteiger partial charge >= 0.3 is 17.9 Å². The van der Waals surface area contributed by atoms with E-state index in [1.165, 1.54) is 32.9 Å². The first kappa shape index (κ1) is 27.0. The van der Waals surface area contributed by atoms with Crippen LogP contribution < -0.4 is 0 Å². The number of carbonyl (C=O) groups excluding carboxylic acids is 5. The maximum Gasteiger partial charge on any atom is 0.327 e. The number of nitrogens with zero attached hydrogens (tertiary/aromatic N) is 1. The van der Waals surface area contributed by atoms with E-state index in [0.717, 1.165) is 7.11 Å². The molecule has 1 aliphatic heterocycles. The Morgan fingerprint density at radius 2 is 1.47 bits per heavy atom. The number of hydrogen-bond acceptors (Lipinski definition) is 9. The number of ether oxygens (including phenoxy) is 3. The fourth-order valence-corrected chi connectivity index (χ4v) is 3.91. The van der Waals surface area contributed by atoms with Gasteiger partial charge in [0.15, 0.2) is 11.3 Å². The molecule has 0 saturated heterocycles. The summed E-state index contributed by atoms with van der Waals surface area (Å²) in [6.07, 6.45) is 0. The van der Waals surface area contributed by atoms with E-state index in [1.54, 1.807) is 6.07 Å². The lowest BCUT2D eigenvalue weighted by atomic mass is 9.64. The molecule has 10 heteroatoms. The predicted molar refractivity (Wildman–Crippen MR) is 118 cm³/mol. The molecule has 0 aromatic heterocycles. The molecule has 0 fully saturated rings. The van der Waals surface area contributed by atoms with Crippen LogP contribution in [0.2, 0.25) is 0 Å². The summed E-state index contributed by atoms with van der Waals surface area (Å²) in [5.41, 5.74) is -2.68. The minimum atomic E-state index is -2.62. The predicted octanol–water partition coefficient (Wildman–Crippen LogP) is 2.07. The number of hydrogen-bond donors (Lipinski definition) is 0. The first-order valence-corrected chi connectivity index (χ1v) is 11.0. The molecule has 0 spiro atoms. The number of benzene rings is 1. The molecule has 186 valence electrons. The minimum absolute atomic E-state index is 0.0962. The Kier molecular flexibility index (Phi) is 8.20. The van der Waals surface area contributed by atoms with E-state index in [0.29, 0.717) is 10.6 Å². The molecule has 1 heterocycles. The van der Waals surface area contributed by atoms with Crippen molar-refractivity contribution in [3.05, 3.63) is 34.9 Å². The Bertz CT molecular complexity index is 977. The van der Waals surface area contributed by atoms with Gasteiger partial charge in [0.1, 0.15) is 0 Å². The van der Waals surface area contributed by atoms with Gasteiger partial charge in [-0.1, -0.05) is 32.9 Å². The topological polar surface area (TPSA) is 126 Å². The summed E-state index contributed by atoms with van der Waals surface area (Å²) in [5.74, 6) is -7.72. The van der Waals surface area contributed by atoms with Gasteiger partial charge in [0.2, 0.25) is 0 Å². The molecule has 1 atom stereocenters. The summed E-state index contributed by atoms with van der Waals surface area (Å²) in [7, 11) is 1.06. The van der Waals surface area contributed by atoms with Crippen molar-refractivity contribution >= 4 is 29.7 Å². The van der Waals surface area contributed by atoms with Crippen molar-refractivity contribution in [2.24, 2.45) is 5.92 Å². The van der Waals surface area contributed by atoms with Gasteiger partial charge in [-0.3, -0.25) is 28.8 Å². The largest absolute Gasteiger partial charge is 0.465 e. The van der Waals surface area contributed by atoms with Gasteiger partial charge in [0.25, 0.3) is 11.8 Å². The van der Waals surface area contributed by atoms with Gasteiger partial charge in [0, 0.05) is 5.56 Å². The Morgan fingerprint density at radius 1 is 0.941 bits per heavy atom. The second kappa shape index (κ2) is 10.3. The summed E-state index contributed by atoms with van der Waals surface area (Å²) >= 11 is 0. The second-order valence-corrected chi connectivity index (χ2v) is 8.56. The fraction of sp³-hybridized carbons (Fsp3) is 0.542. The second-order valence-electron chi connectivity index (χ2n) is 8.56. The summed E-state index contributed by atoms with van der Waals surface area (Å²) in [6, 6.07) is 4.57. The average Bonchev–Trinajstić information content (AvgIpc) is 2.76. The highest BCUT2D eigenvalue weighted by atomic mass is 16.7. The molecule has 1 unspecified atom stereocenters. The first-order valence-electron chi connectivity index (χ1n) is 11.0. The van der Waals surface area contributed by atoms with Gasteiger partial charge in [-0.2, -0.15) is 0 Å². The number of imide groups is 1. The highest BCUT2D eigenvalue weighted by Gasteiger charge is 2.67. The number of amides is 2. The summed E-state index contributed by atoms with van der Waals surface area (Å²) in [5, 5.41) is 0.349. The molecule has 0 saturated carbocycles. The van der Waals surface area contributed by atoms with Crippen LogP contribution in [0.3, 0.4) is 0 Å². The van der Waals surface area contributed by atoms with Crippen LogP contribution >= 0.6 is 0 Å². The Labute approximate surface area is 198 Å². The summed E-state index contributed by atoms with van der Waals surface area (Å²) in [6.45, 7) is 9.77. The van der Waals surface area contributed by atoms with Crippen LogP contribution in [0.5, 0.6) is 0 Å². The molecular weight excluding hydrogens is 446 g/mol. The van der Waals surface area contributed by atoms with Gasteiger partial charge in [-0.05, 0) is 43.4 Å². The zero-order chi connectivity index (χ0) is 25.8. The Morgan fingerprint density at radius 3 is 1.91 bits per heavy atom. The van der Waals surface area contributed by atoms with E-state index in [4.69, 9.17) is 19.0 Å². The average molecular weight is 478 g/mol. The smallest absolute Gasteiger partial charge is 0.327 e. The highest BCUT2D eigenvalue weighted by molar-refractivity contribution is 6.25. The molecule has 0 bridgehead atoms. The number of esters is 3. The minimum Gasteiger partial charge on any atom is -0.465 e. The molecule has 10 nitrogen and oxygen atoms in total. The molecule has 0 radical (unpaired) electrons. The number of fused-ring (bicyclic) bond motifs is 1. The van der Waals surface area contributed by atoms with Crippen LogP contribution in [0.4, 0.5) is 0 Å². The maximum absolute atomic E-state index is 13.9. The molecule has 1 aromatic carbocycles. The molecule has 0 aliphatic carbocycles. The van der Waals surface area contributed by atoms with Crippen LogP contribution in [0.15, 0.2) is 18.2 Å². The fourth-order valence-electron chi connectivity index (χ4n) is 3.91. The zero-order valence-corrected chi connectivity index (χ0v) is 20.6. The van der Waals surface area contributed by atoms with Crippen molar-refractivity contribution in [3.8, 4) is 0 Å². The van der Waals surface area contributed by atoms with Crippen molar-refractivity contribution in [2.75, 3.05) is 26.9 Å². The monoisotopic (exact) mass is 477 g/mol. The summed E-state index contributed by atoms with van der Waals surface area (Å²) in [4.78, 5) is 71.9. The van der Waals surface area contributed by atoms with E-state index < -0.39 is 46.5 Å². The van der Waals surface area contributed by atoms with Crippen LogP contribution in [-0.4, -0.2) is 61.7 Å². The van der Waals surface area contributed by atoms with Crippen molar-refractivity contribution in [1.29, 1.82) is 0 Å². The van der Waals surface area contributed by atoms with E-state index in [-0.39, 0.29) is 30.9 Å². The molecule has 2 amide bonds. The van der Waals surface area contributed by atoms with E-state index in [1.807, 2.05) is 20.8 Å². The quantitative estimate of drug-likeness (QED) is 0.239. The first-order chi connectivity index (χ1) is 15.9. The molecule has 34 heavy (non-hydrogen) atoms. The normalized spacial score (nSPS) is 17.9. The van der Waals surface area contributed by atoms with Crippen LogP contribution in [-0.2, 0) is 49.1 Å². The standard InChI is InChI=1S/C24H31NO9/c1-8-32-19(27)17(20(28)33-9-2)24(22(30)34-10-3)16-13-14(23(4,5)6)11-12-15(16)18(26)25(31-7)21(24)29/h11-13,17H,8-10H2,1-7H3. The molecular formula is C24H31NO9. The Hall–Kier alpha value is -3.27. The number of rotatable bonds is 8. The lowest BCUT2D eigenvalue weighted by Gasteiger charge is -2.41. The third-order valence-corrected chi connectivity index (χ3v) is 5.50. The van der Waals surface area contributed by atoms with Gasteiger partial charge < -0.3 is 14.2 Å². The van der Waals surface area contributed by atoms with E-state index in [9.17, 15) is 24.0 Å². The van der Waals surface area contributed by atoms with Gasteiger partial charge in [0.05, 0.1) is 26.9 Å². The van der Waals surface area contributed by atoms with Crippen LogP contribution in [0, 0.1) is 5.92 Å². The van der Waals surface area contributed by atoms with Crippen molar-refractivity contribution < 1.29 is 43.0 Å². The van der Waals surface area contributed by atoms with Crippen LogP contribution in [0.1, 0.15) is 63.0 Å². The molecule has 1 aliphatic rings. The van der Waals surface area contributed by atoms with E-state index >= 15 is 0 Å². The molecule has 1 aromatic rings. The van der Waals surface area contributed by atoms with Crippen molar-refractivity contribution in [3.63, 3.8) is 0 Å². The Balaban J connectivity index is 3.09. The van der Waals surface area contributed by atoms with E-state index in [2.05, 4.69) is 0 Å². The van der Waals surface area contributed by atoms with Gasteiger partial charge in [-0.15, -0.1) is 5.06 Å². The van der Waals surface area contributed by atoms with Crippen LogP contribution in [0.25, 0.3) is 0 Å². The maximum atomic E-state index is 13.9. The third-order valence-electron chi connectivity index (χ3n) is 5.50.